The Balaban J connectivity index is 1.85. The molecule has 0 bridgehead atoms. The first-order chi connectivity index (χ1) is 11.0. The van der Waals surface area contributed by atoms with Crippen LogP contribution >= 0.6 is 7.60 Å². The van der Waals surface area contributed by atoms with Crippen molar-refractivity contribution in [2.24, 2.45) is 0 Å². The van der Waals surface area contributed by atoms with Crippen LogP contribution in [0.15, 0.2) is 12.7 Å². The number of nitrogen functional groups attached to an aromatic ring is 1. The predicted molar refractivity (Wildman–Crippen MR) is 79.4 cm³/mol. The zero-order valence-corrected chi connectivity index (χ0v) is 13.0. The number of hydrogen-bond donors (Lipinski definition) is 4. The van der Waals surface area contributed by atoms with Crippen LogP contribution in [0.3, 0.4) is 0 Å². The number of imidazole rings is 1. The largest absolute Gasteiger partial charge is 0.394 e. The Kier molecular flexibility index (Phi) is 5.99. The van der Waals surface area contributed by atoms with Crippen molar-refractivity contribution in [1.29, 1.82) is 0 Å². The summed E-state index contributed by atoms with van der Waals surface area (Å²) in [6.07, 6.45) is 1.15. The molecule has 0 aliphatic heterocycles. The normalized spacial score (nSPS) is 14.4. The summed E-state index contributed by atoms with van der Waals surface area (Å²) < 4.78 is 23.2. The van der Waals surface area contributed by atoms with Gasteiger partial charge >= 0.3 is 7.60 Å². The lowest BCUT2D eigenvalue weighted by molar-refractivity contribution is 0.0447. The quantitative estimate of drug-likeness (QED) is 0.324. The number of nitrogens with two attached hydrogens (primary N) is 1. The van der Waals surface area contributed by atoms with E-state index in [0.717, 1.165) is 0 Å². The molecule has 2 rings (SSSR count). The van der Waals surface area contributed by atoms with Crippen molar-refractivity contribution in [3.63, 3.8) is 0 Å². The van der Waals surface area contributed by atoms with Crippen molar-refractivity contribution in [3.8, 4) is 0 Å². The van der Waals surface area contributed by atoms with Crippen molar-refractivity contribution in [3.05, 3.63) is 12.7 Å². The molecule has 5 N–H and O–H groups in total. The molecular weight excluding hydrogens is 329 g/mol. The van der Waals surface area contributed by atoms with Crippen molar-refractivity contribution >= 4 is 24.6 Å². The van der Waals surface area contributed by atoms with Crippen molar-refractivity contribution in [2.45, 2.75) is 12.6 Å². The van der Waals surface area contributed by atoms with Gasteiger partial charge in [0.25, 0.3) is 0 Å². The second kappa shape index (κ2) is 7.77. The standard InChI is InChI=1S/C11H18N5O6P/c12-10-9-11(14-5-13-10)16(6-15-9)1-2-21-7-23(19,20)22-8(3-17)4-18/h5-6,8,17-18H,1-4,7H2,(H,19,20)(H2,12,13,14). The summed E-state index contributed by atoms with van der Waals surface area (Å²) in [7, 11) is -4.06. The minimum atomic E-state index is -4.06. The van der Waals surface area contributed by atoms with Crippen LogP contribution in [0.4, 0.5) is 5.82 Å². The van der Waals surface area contributed by atoms with E-state index < -0.39 is 33.3 Å². The molecule has 2 aromatic rings. The van der Waals surface area contributed by atoms with E-state index >= 15 is 0 Å². The fourth-order valence-corrected chi connectivity index (χ4v) is 2.81. The lowest BCUT2D eigenvalue weighted by Crippen LogP contribution is -2.21. The summed E-state index contributed by atoms with van der Waals surface area (Å²) in [6, 6.07) is 0. The molecule has 1 unspecified atom stereocenters. The molecule has 0 fully saturated rings. The number of nitrogens with zero attached hydrogens (tertiary/aromatic N) is 4. The average Bonchev–Trinajstić information content (AvgIpc) is 2.94. The van der Waals surface area contributed by atoms with E-state index in [1.54, 1.807) is 4.57 Å². The highest BCUT2D eigenvalue weighted by Gasteiger charge is 2.24. The molecule has 12 heteroatoms. The SMILES string of the molecule is Nc1ncnc2c1ncn2CCOCP(=O)(O)OC(CO)CO. The molecule has 0 aliphatic rings. The lowest BCUT2D eigenvalue weighted by Gasteiger charge is -2.17. The van der Waals surface area contributed by atoms with E-state index in [2.05, 4.69) is 19.5 Å². The fraction of sp³-hybridized carbons (Fsp3) is 0.545. The zero-order valence-electron chi connectivity index (χ0n) is 12.1. The van der Waals surface area contributed by atoms with Crippen LogP contribution in [0, 0.1) is 0 Å². The van der Waals surface area contributed by atoms with Gasteiger partial charge in [0.05, 0.1) is 26.1 Å². The number of ether oxygens (including phenoxy) is 1. The number of anilines is 1. The Bertz CT molecular complexity index is 691. The molecule has 0 saturated heterocycles. The maximum absolute atomic E-state index is 11.7. The van der Waals surface area contributed by atoms with E-state index in [0.29, 0.717) is 17.7 Å². The van der Waals surface area contributed by atoms with Gasteiger partial charge in [0.2, 0.25) is 0 Å². The number of hydrogen-bond acceptors (Lipinski definition) is 9. The molecule has 0 aromatic carbocycles. The minimum absolute atomic E-state index is 0.103. The molecule has 2 heterocycles. The molecule has 1 atom stereocenters. The maximum Gasteiger partial charge on any atom is 0.353 e. The van der Waals surface area contributed by atoms with Gasteiger partial charge in [-0.1, -0.05) is 0 Å². The molecule has 2 aromatic heterocycles. The van der Waals surface area contributed by atoms with Gasteiger partial charge in [0.1, 0.15) is 24.3 Å². The molecule has 0 spiro atoms. The highest BCUT2D eigenvalue weighted by molar-refractivity contribution is 7.52. The second-order valence-electron chi connectivity index (χ2n) is 4.64. The number of fused-ring (bicyclic) bond motifs is 1. The Morgan fingerprint density at radius 2 is 2.04 bits per heavy atom. The Morgan fingerprint density at radius 3 is 2.74 bits per heavy atom. The number of rotatable bonds is 9. The molecule has 128 valence electrons. The van der Waals surface area contributed by atoms with Gasteiger partial charge < -0.3 is 30.1 Å². The summed E-state index contributed by atoms with van der Waals surface area (Å²) >= 11 is 0. The smallest absolute Gasteiger partial charge is 0.353 e. The molecule has 0 radical (unpaired) electrons. The second-order valence-corrected chi connectivity index (χ2v) is 6.38. The van der Waals surface area contributed by atoms with E-state index in [1.807, 2.05) is 0 Å². The highest BCUT2D eigenvalue weighted by Crippen LogP contribution is 2.42. The molecule has 0 amide bonds. The summed E-state index contributed by atoms with van der Waals surface area (Å²) in [4.78, 5) is 21.5. The lowest BCUT2D eigenvalue weighted by atomic mass is 10.4. The Morgan fingerprint density at radius 1 is 1.30 bits per heavy atom. The maximum atomic E-state index is 11.7. The molecule has 11 nitrogen and oxygen atoms in total. The first-order valence-electron chi connectivity index (χ1n) is 6.68. The van der Waals surface area contributed by atoms with Gasteiger partial charge in [-0.3, -0.25) is 9.09 Å². The van der Waals surface area contributed by atoms with Gasteiger partial charge in [-0.25, -0.2) is 15.0 Å². The minimum Gasteiger partial charge on any atom is -0.394 e. The Labute approximate surface area is 131 Å². The summed E-state index contributed by atoms with van der Waals surface area (Å²) in [6.45, 7) is -0.699. The zero-order chi connectivity index (χ0) is 16.9. The third-order valence-corrected chi connectivity index (χ3v) is 4.02. The molecule has 23 heavy (non-hydrogen) atoms. The van der Waals surface area contributed by atoms with E-state index in [-0.39, 0.29) is 12.4 Å². The van der Waals surface area contributed by atoms with Crippen molar-refractivity contribution in [1.82, 2.24) is 19.5 Å². The van der Waals surface area contributed by atoms with E-state index in [4.69, 9.17) is 20.7 Å². The van der Waals surface area contributed by atoms with Crippen molar-refractivity contribution in [2.75, 3.05) is 31.9 Å². The van der Waals surface area contributed by atoms with Gasteiger partial charge in [-0.2, -0.15) is 0 Å². The predicted octanol–water partition coefficient (Wildman–Crippen LogP) is -1.06. The number of aliphatic hydroxyl groups excluding tert-OH is 2. The number of aliphatic hydroxyl groups is 2. The summed E-state index contributed by atoms with van der Waals surface area (Å²) in [5.74, 6) is 0.266. The first-order valence-corrected chi connectivity index (χ1v) is 8.44. The molecular formula is C11H18N5O6P. The van der Waals surface area contributed by atoms with E-state index in [9.17, 15) is 9.46 Å². The molecule has 0 aliphatic carbocycles. The highest BCUT2D eigenvalue weighted by atomic mass is 31.2. The topological polar surface area (TPSA) is 166 Å². The van der Waals surface area contributed by atoms with E-state index in [1.165, 1.54) is 12.7 Å². The van der Waals surface area contributed by atoms with Crippen LogP contribution < -0.4 is 5.73 Å². The monoisotopic (exact) mass is 347 g/mol. The number of aromatic nitrogens is 4. The van der Waals surface area contributed by atoms with Gasteiger partial charge in [0, 0.05) is 6.54 Å². The third-order valence-electron chi connectivity index (χ3n) is 2.88. The first kappa shape index (κ1) is 17.7. The molecule has 0 saturated carbocycles. The summed E-state index contributed by atoms with van der Waals surface area (Å²) in [5.41, 5.74) is 6.67. The van der Waals surface area contributed by atoms with Gasteiger partial charge in [0.15, 0.2) is 11.5 Å². The average molecular weight is 347 g/mol. The van der Waals surface area contributed by atoms with Crippen LogP contribution in [0.25, 0.3) is 11.2 Å². The third kappa shape index (κ3) is 4.67. The van der Waals surface area contributed by atoms with Crippen LogP contribution in [-0.4, -0.2) is 66.9 Å². The van der Waals surface area contributed by atoms with Crippen LogP contribution in [0.1, 0.15) is 0 Å². The Hall–Kier alpha value is -1.62. The summed E-state index contributed by atoms with van der Waals surface area (Å²) in [5, 5.41) is 17.6. The van der Waals surface area contributed by atoms with Crippen LogP contribution in [0.5, 0.6) is 0 Å². The van der Waals surface area contributed by atoms with Crippen LogP contribution in [-0.2, 0) is 20.4 Å². The van der Waals surface area contributed by atoms with Gasteiger partial charge in [-0.15, -0.1) is 0 Å². The van der Waals surface area contributed by atoms with Gasteiger partial charge in [-0.05, 0) is 0 Å². The van der Waals surface area contributed by atoms with Crippen LogP contribution in [0.2, 0.25) is 0 Å². The fourth-order valence-electron chi connectivity index (χ4n) is 1.79. The van der Waals surface area contributed by atoms with Crippen molar-refractivity contribution < 1.29 is 28.9 Å².